The highest BCUT2D eigenvalue weighted by Crippen LogP contribution is 2.39. The molecule has 3 aromatic rings. The normalized spacial score (nSPS) is 17.1. The second kappa shape index (κ2) is 6.03. The van der Waals surface area contributed by atoms with Crippen LogP contribution in [-0.2, 0) is 6.42 Å². The second-order valence-corrected chi connectivity index (χ2v) is 7.01. The molecule has 2 heterocycles. The van der Waals surface area contributed by atoms with Gasteiger partial charge in [0.2, 0.25) is 0 Å². The molecule has 3 nitrogen and oxygen atoms in total. The van der Waals surface area contributed by atoms with Crippen molar-refractivity contribution in [1.29, 1.82) is 0 Å². The Kier molecular flexibility index (Phi) is 3.83. The number of amides is 1. The first-order valence-electron chi connectivity index (χ1n) is 8.72. The van der Waals surface area contributed by atoms with Gasteiger partial charge in [0.05, 0.1) is 6.04 Å². The van der Waals surface area contributed by atoms with Gasteiger partial charge >= 0.3 is 0 Å². The lowest BCUT2D eigenvalue weighted by Crippen LogP contribution is -2.42. The molecule has 0 saturated heterocycles. The van der Waals surface area contributed by atoms with Crippen molar-refractivity contribution in [2.24, 2.45) is 5.92 Å². The van der Waals surface area contributed by atoms with Crippen molar-refractivity contribution in [2.75, 3.05) is 6.54 Å². The Hall–Kier alpha value is -2.62. The van der Waals surface area contributed by atoms with Crippen molar-refractivity contribution in [1.82, 2.24) is 9.88 Å². The van der Waals surface area contributed by atoms with Crippen LogP contribution in [0, 0.1) is 11.7 Å². The number of para-hydroxylation sites is 1. The molecule has 2 aromatic carbocycles. The molecular weight excluding hydrogens is 315 g/mol. The fourth-order valence-electron chi connectivity index (χ4n) is 3.98. The molecule has 0 unspecified atom stereocenters. The lowest BCUT2D eigenvalue weighted by atomic mass is 9.90. The van der Waals surface area contributed by atoms with Crippen LogP contribution < -0.4 is 0 Å². The van der Waals surface area contributed by atoms with E-state index in [0.29, 0.717) is 12.1 Å². The van der Waals surface area contributed by atoms with Crippen molar-refractivity contribution in [3.63, 3.8) is 0 Å². The maximum atomic E-state index is 13.6. The maximum absolute atomic E-state index is 13.6. The molecule has 1 N–H and O–H groups in total. The number of carbonyl (C=O) groups is 1. The summed E-state index contributed by atoms with van der Waals surface area (Å²) in [7, 11) is 0. The molecule has 0 fully saturated rings. The van der Waals surface area contributed by atoms with Gasteiger partial charge in [0.25, 0.3) is 5.91 Å². The summed E-state index contributed by atoms with van der Waals surface area (Å²) in [6.07, 6.45) is 0.809. The van der Waals surface area contributed by atoms with Crippen LogP contribution in [0.4, 0.5) is 4.39 Å². The SMILES string of the molecule is CC(C)[C@H]1c2[nH]c3ccccc3c2CCN1C(=O)c1cccc(F)c1. The third kappa shape index (κ3) is 2.62. The highest BCUT2D eigenvalue weighted by atomic mass is 19.1. The van der Waals surface area contributed by atoms with Crippen LogP contribution in [-0.4, -0.2) is 22.3 Å². The van der Waals surface area contributed by atoms with Gasteiger partial charge in [0.15, 0.2) is 0 Å². The fourth-order valence-corrected chi connectivity index (χ4v) is 3.98. The summed E-state index contributed by atoms with van der Waals surface area (Å²) in [5, 5.41) is 1.24. The van der Waals surface area contributed by atoms with E-state index in [2.05, 4.69) is 31.0 Å². The topological polar surface area (TPSA) is 36.1 Å². The van der Waals surface area contributed by atoms with Gasteiger partial charge < -0.3 is 9.88 Å². The van der Waals surface area contributed by atoms with E-state index in [0.717, 1.165) is 17.6 Å². The minimum Gasteiger partial charge on any atom is -0.356 e. The number of aromatic nitrogens is 1. The third-order valence-corrected chi connectivity index (χ3v) is 5.04. The molecule has 0 radical (unpaired) electrons. The van der Waals surface area contributed by atoms with E-state index < -0.39 is 0 Å². The van der Waals surface area contributed by atoms with Crippen LogP contribution in [0.25, 0.3) is 10.9 Å². The van der Waals surface area contributed by atoms with E-state index in [-0.39, 0.29) is 23.7 Å². The van der Waals surface area contributed by atoms with Gasteiger partial charge in [-0.2, -0.15) is 0 Å². The Morgan fingerprint density at radius 1 is 1.20 bits per heavy atom. The maximum Gasteiger partial charge on any atom is 0.254 e. The molecule has 1 amide bonds. The summed E-state index contributed by atoms with van der Waals surface area (Å²) >= 11 is 0. The molecule has 0 spiro atoms. The monoisotopic (exact) mass is 336 g/mol. The standard InChI is InChI=1S/C21H21FN2O/c1-13(2)20-19-17(16-8-3-4-9-18(16)23-19)10-11-24(20)21(25)14-6-5-7-15(22)12-14/h3-9,12-13,20,23H,10-11H2,1-2H3/t20-/m0/s1. The van der Waals surface area contributed by atoms with E-state index in [1.807, 2.05) is 17.0 Å². The molecule has 4 rings (SSSR count). The number of benzene rings is 2. The second-order valence-electron chi connectivity index (χ2n) is 7.01. The van der Waals surface area contributed by atoms with Crippen LogP contribution in [0.1, 0.15) is 41.5 Å². The van der Waals surface area contributed by atoms with Crippen LogP contribution in [0.3, 0.4) is 0 Å². The first-order valence-corrected chi connectivity index (χ1v) is 8.72. The molecule has 1 atom stereocenters. The number of halogens is 1. The van der Waals surface area contributed by atoms with Gasteiger partial charge in [-0.15, -0.1) is 0 Å². The fraction of sp³-hybridized carbons (Fsp3) is 0.286. The Balaban J connectivity index is 1.78. The van der Waals surface area contributed by atoms with E-state index in [1.54, 1.807) is 12.1 Å². The van der Waals surface area contributed by atoms with Gasteiger partial charge in [0.1, 0.15) is 5.82 Å². The molecule has 1 aliphatic rings. The zero-order chi connectivity index (χ0) is 17.6. The lowest BCUT2D eigenvalue weighted by molar-refractivity contribution is 0.0598. The first kappa shape index (κ1) is 15.9. The van der Waals surface area contributed by atoms with Crippen molar-refractivity contribution >= 4 is 16.8 Å². The van der Waals surface area contributed by atoms with E-state index >= 15 is 0 Å². The molecule has 1 aliphatic heterocycles. The number of aromatic amines is 1. The van der Waals surface area contributed by atoms with Crippen LogP contribution in [0.5, 0.6) is 0 Å². The third-order valence-electron chi connectivity index (χ3n) is 5.04. The van der Waals surface area contributed by atoms with Crippen LogP contribution >= 0.6 is 0 Å². The van der Waals surface area contributed by atoms with E-state index in [9.17, 15) is 9.18 Å². The minimum absolute atomic E-state index is 0.0353. The summed E-state index contributed by atoms with van der Waals surface area (Å²) in [6, 6.07) is 14.2. The summed E-state index contributed by atoms with van der Waals surface area (Å²) in [4.78, 5) is 18.5. The van der Waals surface area contributed by atoms with Crippen LogP contribution in [0.2, 0.25) is 0 Å². The average molecular weight is 336 g/mol. The minimum atomic E-state index is -0.379. The quantitative estimate of drug-likeness (QED) is 0.723. The number of rotatable bonds is 2. The van der Waals surface area contributed by atoms with Crippen LogP contribution in [0.15, 0.2) is 48.5 Å². The van der Waals surface area contributed by atoms with Crippen molar-refractivity contribution in [3.8, 4) is 0 Å². The summed E-state index contributed by atoms with van der Waals surface area (Å²) < 4.78 is 13.6. The molecule has 0 aliphatic carbocycles. The van der Waals surface area contributed by atoms with Gasteiger partial charge in [0, 0.05) is 28.7 Å². The van der Waals surface area contributed by atoms with Gasteiger partial charge in [-0.3, -0.25) is 4.79 Å². The molecule has 4 heteroatoms. The van der Waals surface area contributed by atoms with E-state index in [4.69, 9.17) is 0 Å². The Labute approximate surface area is 146 Å². The Bertz CT molecular complexity index is 944. The number of hydrogen-bond acceptors (Lipinski definition) is 1. The zero-order valence-corrected chi connectivity index (χ0v) is 14.4. The number of nitrogens with zero attached hydrogens (tertiary/aromatic N) is 1. The number of H-pyrrole nitrogens is 1. The van der Waals surface area contributed by atoms with E-state index in [1.165, 1.54) is 23.1 Å². The Morgan fingerprint density at radius 2 is 2.00 bits per heavy atom. The number of hydrogen-bond donors (Lipinski definition) is 1. The molecular formula is C21H21FN2O. The smallest absolute Gasteiger partial charge is 0.254 e. The average Bonchev–Trinajstić information content (AvgIpc) is 2.98. The lowest BCUT2D eigenvalue weighted by Gasteiger charge is -2.38. The Morgan fingerprint density at radius 3 is 2.76 bits per heavy atom. The number of fused-ring (bicyclic) bond motifs is 3. The van der Waals surface area contributed by atoms with Crippen molar-refractivity contribution < 1.29 is 9.18 Å². The zero-order valence-electron chi connectivity index (χ0n) is 14.4. The highest BCUT2D eigenvalue weighted by molar-refractivity contribution is 5.95. The largest absolute Gasteiger partial charge is 0.356 e. The predicted molar refractivity (Wildman–Crippen MR) is 97.0 cm³/mol. The molecule has 128 valence electrons. The van der Waals surface area contributed by atoms with Gasteiger partial charge in [-0.05, 0) is 42.2 Å². The number of carbonyl (C=O) groups excluding carboxylic acids is 1. The van der Waals surface area contributed by atoms with Gasteiger partial charge in [-0.25, -0.2) is 4.39 Å². The number of nitrogens with one attached hydrogen (secondary N) is 1. The van der Waals surface area contributed by atoms with Gasteiger partial charge in [-0.1, -0.05) is 38.1 Å². The first-order chi connectivity index (χ1) is 12.1. The molecule has 0 bridgehead atoms. The summed E-state index contributed by atoms with van der Waals surface area (Å²) in [6.45, 7) is 4.89. The predicted octanol–water partition coefficient (Wildman–Crippen LogP) is 4.70. The van der Waals surface area contributed by atoms with Crippen molar-refractivity contribution in [3.05, 3.63) is 71.2 Å². The summed E-state index contributed by atoms with van der Waals surface area (Å²) in [5.41, 5.74) is 3.94. The molecule has 0 saturated carbocycles. The highest BCUT2D eigenvalue weighted by Gasteiger charge is 2.35. The summed E-state index contributed by atoms with van der Waals surface area (Å²) in [5.74, 6) is -0.234. The van der Waals surface area contributed by atoms with Crippen molar-refractivity contribution in [2.45, 2.75) is 26.3 Å². The molecule has 25 heavy (non-hydrogen) atoms. The molecule has 1 aromatic heterocycles.